The van der Waals surface area contributed by atoms with Crippen molar-refractivity contribution in [1.82, 2.24) is 29.2 Å². The highest BCUT2D eigenvalue weighted by atomic mass is 79.9. The number of carbonyl (C=O) groups is 2. The first-order valence-corrected chi connectivity index (χ1v) is 22.0. The fourth-order valence-electron chi connectivity index (χ4n) is 7.28. The van der Waals surface area contributed by atoms with Crippen molar-refractivity contribution >= 4 is 61.9 Å². The molecule has 2 aliphatic rings. The van der Waals surface area contributed by atoms with E-state index >= 15 is 0 Å². The van der Waals surface area contributed by atoms with Crippen molar-refractivity contribution < 1.29 is 24.2 Å². The molecule has 4 heterocycles. The van der Waals surface area contributed by atoms with Gasteiger partial charge in [-0.1, -0.05) is 42.1 Å². The minimum Gasteiger partial charge on any atom is -0.395 e. The number of aryl methyl sites for hydroxylation is 2. The third-order valence-electron chi connectivity index (χ3n) is 10.7. The smallest absolute Gasteiger partial charge is 0.177 e. The van der Waals surface area contributed by atoms with Crippen LogP contribution in [0.3, 0.4) is 0 Å². The van der Waals surface area contributed by atoms with E-state index in [-0.39, 0.29) is 30.6 Å². The fraction of sp³-hybridized carbons (Fsp3) is 0.304. The number of halogens is 2. The van der Waals surface area contributed by atoms with Gasteiger partial charge in [-0.2, -0.15) is 10.2 Å². The molecule has 7 aromatic rings. The van der Waals surface area contributed by atoms with Gasteiger partial charge in [0, 0.05) is 53.1 Å². The molecule has 0 unspecified atom stereocenters. The minimum absolute atomic E-state index is 0.0238. The van der Waals surface area contributed by atoms with Gasteiger partial charge in [-0.25, -0.2) is 23.4 Å². The van der Waals surface area contributed by atoms with E-state index in [1.807, 2.05) is 68.4 Å². The van der Waals surface area contributed by atoms with Crippen molar-refractivity contribution in [2.75, 3.05) is 36.9 Å². The zero-order valence-corrected chi connectivity index (χ0v) is 36.3. The number of rotatable bonds is 16. The molecule has 9 rings (SSSR count). The van der Waals surface area contributed by atoms with Crippen molar-refractivity contribution in [3.63, 3.8) is 0 Å². The van der Waals surface area contributed by atoms with E-state index in [0.717, 1.165) is 73.9 Å². The van der Waals surface area contributed by atoms with Crippen LogP contribution in [0.2, 0.25) is 0 Å². The van der Waals surface area contributed by atoms with Gasteiger partial charge in [-0.05, 0) is 121 Å². The highest BCUT2D eigenvalue weighted by molar-refractivity contribution is 9.10. The molecule has 4 N–H and O–H groups in total. The third-order valence-corrected chi connectivity index (χ3v) is 12.0. The topological polar surface area (TPSA) is 159 Å². The predicted molar refractivity (Wildman–Crippen MR) is 239 cm³/mol. The molecule has 0 saturated heterocycles. The lowest BCUT2D eigenvalue weighted by Crippen LogP contribution is -2.08. The zero-order chi connectivity index (χ0) is 42.6. The molecule has 3 aromatic carbocycles. The number of carbonyl (C=O) groups excluding carboxylic acids is 2. The van der Waals surface area contributed by atoms with Crippen LogP contribution in [0.25, 0.3) is 33.8 Å². The van der Waals surface area contributed by atoms with Gasteiger partial charge < -0.3 is 20.8 Å². The summed E-state index contributed by atoms with van der Waals surface area (Å²) < 4.78 is 17.9. The Morgan fingerprint density at radius 2 is 1.26 bits per heavy atom. The lowest BCUT2D eigenvalue weighted by molar-refractivity contribution is 0.0967. The average molecular weight is 906 g/mol. The number of nitrogens with one attached hydrogen (secondary N) is 2. The summed E-state index contributed by atoms with van der Waals surface area (Å²) >= 11 is 4.78. The van der Waals surface area contributed by atoms with Gasteiger partial charge in [-0.3, -0.25) is 9.59 Å². The molecular weight excluding hydrogens is 860 g/mol. The Morgan fingerprint density at radius 3 is 1.75 bits per heavy atom. The van der Waals surface area contributed by atoms with E-state index in [1.54, 1.807) is 27.5 Å². The SMILES string of the molecule is Cc1cc(-c2cnc3c(NCCO)cc(Br)nn23)ccc1C(=O)CC1CC1.Cc1cc(-c2cnc3c(NCCO)cc(Sc4cccc(F)c4)nn23)ccc1C(=O)CC1CC1. The molecule has 0 spiro atoms. The largest absolute Gasteiger partial charge is 0.395 e. The van der Waals surface area contributed by atoms with Crippen LogP contribution in [0, 0.1) is 31.5 Å². The number of aliphatic hydroxyl groups is 2. The molecule has 61 heavy (non-hydrogen) atoms. The van der Waals surface area contributed by atoms with Gasteiger partial charge in [0.1, 0.15) is 15.4 Å². The molecule has 0 radical (unpaired) electrons. The fourth-order valence-corrected chi connectivity index (χ4v) is 8.53. The van der Waals surface area contributed by atoms with E-state index < -0.39 is 0 Å². The summed E-state index contributed by atoms with van der Waals surface area (Å²) in [5.41, 5.74) is 9.81. The number of benzene rings is 3. The number of Topliss-reactive ketones (excluding diaryl/α,β-unsaturated/α-hetero) is 2. The maximum atomic E-state index is 13.7. The summed E-state index contributed by atoms with van der Waals surface area (Å²) in [6.45, 7) is 4.75. The van der Waals surface area contributed by atoms with Gasteiger partial charge in [0.05, 0.1) is 48.4 Å². The lowest BCUT2D eigenvalue weighted by Gasteiger charge is -2.11. The average Bonchev–Trinajstić information content (AvgIpc) is 4.16. The second kappa shape index (κ2) is 18.6. The van der Waals surface area contributed by atoms with Crippen LogP contribution >= 0.6 is 27.7 Å². The Bertz CT molecular complexity index is 2750. The normalized spacial score (nSPS) is 13.6. The van der Waals surface area contributed by atoms with Gasteiger partial charge in [0.15, 0.2) is 22.9 Å². The maximum Gasteiger partial charge on any atom is 0.177 e. The molecule has 0 aliphatic heterocycles. The Kier molecular flexibility index (Phi) is 12.9. The third kappa shape index (κ3) is 10.0. The molecule has 314 valence electrons. The van der Waals surface area contributed by atoms with E-state index in [2.05, 4.69) is 41.6 Å². The number of aliphatic hydroxyl groups excluding tert-OH is 2. The highest BCUT2D eigenvalue weighted by Crippen LogP contribution is 2.36. The summed E-state index contributed by atoms with van der Waals surface area (Å²) in [5.74, 6) is 1.26. The second-order valence-corrected chi connectivity index (χ2v) is 17.5. The standard InChI is InChI=1S/C26H25FN4O2S.C20H21BrN4O2/c1-16-11-18(7-8-21(16)24(33)12-17-5-6-17)23-15-29-26-22(28-9-10-32)14-25(30-31(23)26)34-20-4-2-3-19(27)13-20;1-12-8-14(4-5-15(12)18(27)9-13-2-3-13)17-11-23-20-16(22-6-7-26)10-19(21)24-25(17)20/h2-4,7-8,11,13-15,17,28,32H,5-6,9-10,12H2,1H3;4-5,8,10-11,13,22,26H,2-3,6-7,9H2,1H3. The number of ketones is 2. The molecule has 15 heteroatoms. The van der Waals surface area contributed by atoms with E-state index in [1.165, 1.54) is 36.7 Å². The van der Waals surface area contributed by atoms with Gasteiger partial charge in [-0.15, -0.1) is 0 Å². The van der Waals surface area contributed by atoms with Gasteiger partial charge in [0.2, 0.25) is 0 Å². The molecule has 2 aliphatic carbocycles. The summed E-state index contributed by atoms with van der Waals surface area (Å²) in [6.07, 6.45) is 9.47. The first-order chi connectivity index (χ1) is 29.6. The van der Waals surface area contributed by atoms with E-state index in [9.17, 15) is 19.1 Å². The molecule has 2 saturated carbocycles. The molecule has 0 bridgehead atoms. The Morgan fingerprint density at radius 1 is 0.738 bits per heavy atom. The minimum atomic E-state index is -0.306. The zero-order valence-electron chi connectivity index (χ0n) is 33.9. The molecule has 0 amide bonds. The Hall–Kier alpha value is -5.48. The summed E-state index contributed by atoms with van der Waals surface area (Å²) in [6, 6.07) is 21.8. The Balaban J connectivity index is 0.000000173. The van der Waals surface area contributed by atoms with Gasteiger partial charge in [0.25, 0.3) is 0 Å². The van der Waals surface area contributed by atoms with Crippen molar-refractivity contribution in [2.24, 2.45) is 11.8 Å². The maximum absolute atomic E-state index is 13.7. The monoisotopic (exact) mass is 904 g/mol. The number of nitrogens with zero attached hydrogens (tertiary/aromatic N) is 6. The van der Waals surface area contributed by atoms with Crippen LogP contribution in [0.15, 0.2) is 99.7 Å². The number of anilines is 2. The van der Waals surface area contributed by atoms with Crippen molar-refractivity contribution in [2.45, 2.75) is 62.3 Å². The molecule has 4 aromatic heterocycles. The van der Waals surface area contributed by atoms with E-state index in [0.29, 0.717) is 58.7 Å². The van der Waals surface area contributed by atoms with Crippen molar-refractivity contribution in [3.8, 4) is 22.5 Å². The summed E-state index contributed by atoms with van der Waals surface area (Å²) in [4.78, 5) is 34.9. The molecule has 0 atom stereocenters. The number of hydrogen-bond acceptors (Lipinski definition) is 11. The number of fused-ring (bicyclic) bond motifs is 2. The predicted octanol–water partition coefficient (Wildman–Crippen LogP) is 9.24. The Labute approximate surface area is 365 Å². The van der Waals surface area contributed by atoms with Crippen LogP contribution in [-0.2, 0) is 0 Å². The first-order valence-electron chi connectivity index (χ1n) is 20.4. The second-order valence-electron chi connectivity index (χ2n) is 15.6. The number of hydrogen-bond donors (Lipinski definition) is 4. The van der Waals surface area contributed by atoms with Gasteiger partial charge >= 0.3 is 0 Å². The molecule has 12 nitrogen and oxygen atoms in total. The summed E-state index contributed by atoms with van der Waals surface area (Å²) in [5, 5.41) is 34.7. The van der Waals surface area contributed by atoms with Crippen molar-refractivity contribution in [3.05, 3.63) is 118 Å². The highest BCUT2D eigenvalue weighted by Gasteiger charge is 2.27. The van der Waals surface area contributed by atoms with E-state index in [4.69, 9.17) is 10.2 Å². The number of imidazole rings is 2. The van der Waals surface area contributed by atoms with Crippen LogP contribution in [0.1, 0.15) is 70.4 Å². The molecule has 2 fully saturated rings. The van der Waals surface area contributed by atoms with Crippen LogP contribution in [-0.4, -0.2) is 77.3 Å². The lowest BCUT2D eigenvalue weighted by atomic mass is 9.98. The van der Waals surface area contributed by atoms with Crippen LogP contribution in [0.5, 0.6) is 0 Å². The quantitative estimate of drug-likeness (QED) is 0.0685. The first kappa shape index (κ1) is 42.2. The number of aromatic nitrogens is 6. The van der Waals surface area contributed by atoms with Crippen molar-refractivity contribution in [1.29, 1.82) is 0 Å². The van der Waals surface area contributed by atoms with Crippen LogP contribution in [0.4, 0.5) is 15.8 Å². The van der Waals surface area contributed by atoms with Crippen LogP contribution < -0.4 is 10.6 Å². The summed E-state index contributed by atoms with van der Waals surface area (Å²) in [7, 11) is 0. The molecular formula is C46H46BrFN8O4S.